The van der Waals surface area contributed by atoms with Gasteiger partial charge in [0.2, 0.25) is 0 Å². The summed E-state index contributed by atoms with van der Waals surface area (Å²) >= 11 is 0. The molecule has 0 aromatic heterocycles. The Balaban J connectivity index is 3.10. The Morgan fingerprint density at radius 1 is 0.531 bits per heavy atom. The first-order valence-corrected chi connectivity index (χ1v) is 13.0. The largest absolute Gasteiger partial charge is 0.460 e. The molecule has 0 aliphatic heterocycles. The van der Waals surface area contributed by atoms with Crippen LogP contribution >= 0.6 is 0 Å². The Morgan fingerprint density at radius 2 is 0.906 bits per heavy atom. The summed E-state index contributed by atoms with van der Waals surface area (Å²) in [7, 11) is 0. The minimum atomic E-state index is -0.447. The summed E-state index contributed by atoms with van der Waals surface area (Å²) in [6.45, 7) is 12.3. The van der Waals surface area contributed by atoms with E-state index in [0.29, 0.717) is 46.2 Å². The van der Waals surface area contributed by atoms with Crippen LogP contribution in [-0.2, 0) is 28.5 Å². The molecule has 0 N–H and O–H groups in total. The first-order valence-electron chi connectivity index (χ1n) is 13.0. The molecule has 0 saturated heterocycles. The zero-order valence-electron chi connectivity index (χ0n) is 21.6. The second-order valence-corrected chi connectivity index (χ2v) is 9.32. The molecular weight excluding hydrogens is 408 g/mol. The van der Waals surface area contributed by atoms with E-state index in [-0.39, 0.29) is 12.4 Å². The van der Waals surface area contributed by atoms with Gasteiger partial charge in [-0.15, -0.1) is 0 Å². The molecule has 0 fully saturated rings. The van der Waals surface area contributed by atoms with E-state index in [1.54, 1.807) is 0 Å². The van der Waals surface area contributed by atoms with Crippen LogP contribution in [0.1, 0.15) is 105 Å². The average Bonchev–Trinajstić information content (AvgIpc) is 2.73. The van der Waals surface area contributed by atoms with Crippen molar-refractivity contribution in [1.82, 2.24) is 0 Å². The van der Waals surface area contributed by atoms with E-state index in [1.165, 1.54) is 64.2 Å². The molecule has 0 heterocycles. The number of rotatable bonds is 24. The Bertz CT molecular complexity index is 394. The van der Waals surface area contributed by atoms with Crippen LogP contribution < -0.4 is 0 Å². The maximum absolute atomic E-state index is 11.5. The molecule has 0 amide bonds. The maximum Gasteiger partial charge on any atom is 0.308 e. The Morgan fingerprint density at radius 3 is 1.34 bits per heavy atom. The fraction of sp³-hybridized carbons (Fsp3) is 0.962. The number of carbonyl (C=O) groups is 1. The van der Waals surface area contributed by atoms with Gasteiger partial charge < -0.3 is 23.7 Å². The predicted octanol–water partition coefficient (Wildman–Crippen LogP) is 6.10. The van der Waals surface area contributed by atoms with Crippen LogP contribution in [0.3, 0.4) is 0 Å². The highest BCUT2D eigenvalue weighted by molar-refractivity contribution is 5.69. The Kier molecular flexibility index (Phi) is 23.0. The van der Waals surface area contributed by atoms with Crippen LogP contribution in [0.15, 0.2) is 0 Å². The van der Waals surface area contributed by atoms with Crippen molar-refractivity contribution in [2.75, 3.05) is 52.9 Å². The molecule has 0 saturated carbocycles. The first kappa shape index (κ1) is 31.3. The van der Waals surface area contributed by atoms with Gasteiger partial charge in [0.15, 0.2) is 0 Å². The minimum Gasteiger partial charge on any atom is -0.460 e. The molecule has 0 bridgehead atoms. The molecule has 6 nitrogen and oxygen atoms in total. The van der Waals surface area contributed by atoms with Crippen molar-refractivity contribution in [2.24, 2.45) is 0 Å². The molecule has 0 aromatic carbocycles. The summed E-state index contributed by atoms with van der Waals surface area (Å²) in [4.78, 5) is 11.5. The zero-order valence-corrected chi connectivity index (χ0v) is 21.6. The summed E-state index contributed by atoms with van der Waals surface area (Å²) < 4.78 is 27.1. The number of ether oxygens (including phenoxy) is 5. The lowest BCUT2D eigenvalue weighted by molar-refractivity contribution is -0.156. The monoisotopic (exact) mass is 460 g/mol. The quantitative estimate of drug-likeness (QED) is 0.128. The minimum absolute atomic E-state index is 0.238. The van der Waals surface area contributed by atoms with E-state index >= 15 is 0 Å². The molecule has 6 heteroatoms. The molecule has 0 aliphatic carbocycles. The maximum atomic E-state index is 11.5. The lowest BCUT2D eigenvalue weighted by Gasteiger charge is -2.19. The van der Waals surface area contributed by atoms with Gasteiger partial charge in [-0.25, -0.2) is 0 Å². The molecule has 0 radical (unpaired) electrons. The number of unbranched alkanes of at least 4 members (excludes halogenated alkanes) is 10. The SMILES string of the molecule is CCCCCCCCCCCCCOCCOCCOCCOCCC(=O)OC(C)(C)C. The van der Waals surface area contributed by atoms with Crippen molar-refractivity contribution < 1.29 is 28.5 Å². The van der Waals surface area contributed by atoms with Gasteiger partial charge in [-0.2, -0.15) is 0 Å². The number of carbonyl (C=O) groups excluding carboxylic acids is 1. The highest BCUT2D eigenvalue weighted by atomic mass is 16.6. The lowest BCUT2D eigenvalue weighted by Crippen LogP contribution is -2.24. The Hall–Kier alpha value is -0.690. The molecule has 0 atom stereocenters. The molecule has 192 valence electrons. The smallest absolute Gasteiger partial charge is 0.308 e. The number of esters is 1. The van der Waals surface area contributed by atoms with Gasteiger partial charge in [0, 0.05) is 6.61 Å². The first-order chi connectivity index (χ1) is 15.5. The van der Waals surface area contributed by atoms with Gasteiger partial charge >= 0.3 is 5.97 Å². The molecule has 0 unspecified atom stereocenters. The van der Waals surface area contributed by atoms with E-state index in [9.17, 15) is 4.79 Å². The fourth-order valence-corrected chi connectivity index (χ4v) is 3.18. The lowest BCUT2D eigenvalue weighted by atomic mass is 10.1. The number of hydrogen-bond acceptors (Lipinski definition) is 6. The van der Waals surface area contributed by atoms with E-state index < -0.39 is 5.60 Å². The van der Waals surface area contributed by atoms with Gasteiger partial charge in [-0.05, 0) is 27.2 Å². The van der Waals surface area contributed by atoms with Gasteiger partial charge in [0.25, 0.3) is 0 Å². The summed E-state index contributed by atoms with van der Waals surface area (Å²) in [5.74, 6) is -0.238. The summed E-state index contributed by atoms with van der Waals surface area (Å²) in [6, 6.07) is 0. The summed E-state index contributed by atoms with van der Waals surface area (Å²) in [6.07, 6.45) is 15.1. The topological polar surface area (TPSA) is 63.2 Å². The van der Waals surface area contributed by atoms with Crippen molar-refractivity contribution >= 4 is 5.97 Å². The van der Waals surface area contributed by atoms with Crippen LogP contribution in [0.2, 0.25) is 0 Å². The fourth-order valence-electron chi connectivity index (χ4n) is 3.18. The molecule has 0 aliphatic rings. The predicted molar refractivity (Wildman–Crippen MR) is 130 cm³/mol. The standard InChI is InChI=1S/C26H52O6/c1-5-6-7-8-9-10-11-12-13-14-15-17-28-19-21-30-23-24-31-22-20-29-18-16-25(27)32-26(2,3)4/h5-24H2,1-4H3. The average molecular weight is 461 g/mol. The molecule has 0 rings (SSSR count). The van der Waals surface area contributed by atoms with E-state index in [2.05, 4.69) is 6.92 Å². The van der Waals surface area contributed by atoms with Crippen LogP contribution in [0.4, 0.5) is 0 Å². The van der Waals surface area contributed by atoms with Crippen molar-refractivity contribution in [3.63, 3.8) is 0 Å². The van der Waals surface area contributed by atoms with Crippen molar-refractivity contribution in [3.8, 4) is 0 Å². The van der Waals surface area contributed by atoms with Gasteiger partial charge in [0.05, 0.1) is 52.7 Å². The van der Waals surface area contributed by atoms with E-state index in [1.807, 2.05) is 20.8 Å². The summed E-state index contributed by atoms with van der Waals surface area (Å²) in [5.41, 5.74) is -0.447. The highest BCUT2D eigenvalue weighted by Crippen LogP contribution is 2.11. The normalized spacial score (nSPS) is 11.8. The van der Waals surface area contributed by atoms with Crippen molar-refractivity contribution in [2.45, 2.75) is 110 Å². The summed E-state index contributed by atoms with van der Waals surface area (Å²) in [5, 5.41) is 0. The molecular formula is C26H52O6. The van der Waals surface area contributed by atoms with Crippen LogP contribution in [-0.4, -0.2) is 64.4 Å². The van der Waals surface area contributed by atoms with Gasteiger partial charge in [-0.3, -0.25) is 4.79 Å². The second kappa shape index (κ2) is 23.5. The van der Waals surface area contributed by atoms with Crippen LogP contribution in [0.25, 0.3) is 0 Å². The van der Waals surface area contributed by atoms with Crippen molar-refractivity contribution in [1.29, 1.82) is 0 Å². The van der Waals surface area contributed by atoms with E-state index in [4.69, 9.17) is 23.7 Å². The van der Waals surface area contributed by atoms with Gasteiger partial charge in [-0.1, -0.05) is 71.1 Å². The van der Waals surface area contributed by atoms with Crippen molar-refractivity contribution in [3.05, 3.63) is 0 Å². The Labute approximate surface area is 198 Å². The van der Waals surface area contributed by atoms with Gasteiger partial charge in [0.1, 0.15) is 5.60 Å². The van der Waals surface area contributed by atoms with Crippen LogP contribution in [0.5, 0.6) is 0 Å². The highest BCUT2D eigenvalue weighted by Gasteiger charge is 2.15. The second-order valence-electron chi connectivity index (χ2n) is 9.32. The number of hydrogen-bond donors (Lipinski definition) is 0. The van der Waals surface area contributed by atoms with E-state index in [0.717, 1.165) is 13.0 Å². The van der Waals surface area contributed by atoms with Crippen LogP contribution in [0, 0.1) is 0 Å². The third-order valence-corrected chi connectivity index (χ3v) is 4.88. The molecule has 0 aromatic rings. The molecule has 0 spiro atoms. The third-order valence-electron chi connectivity index (χ3n) is 4.88. The third kappa shape index (κ3) is 27.3. The molecule has 32 heavy (non-hydrogen) atoms. The zero-order chi connectivity index (χ0) is 23.8.